The van der Waals surface area contributed by atoms with Gasteiger partial charge in [-0.05, 0) is 25.1 Å². The Bertz CT molecular complexity index is 1540. The predicted octanol–water partition coefficient (Wildman–Crippen LogP) is -2.04. The molecule has 0 saturated carbocycles. The Morgan fingerprint density at radius 3 is 2.05 bits per heavy atom. The molecular formula is C27H30O16. The molecule has 2 aliphatic heterocycles. The second-order valence-corrected chi connectivity index (χ2v) is 10.2. The molecule has 5 rings (SSSR count). The van der Waals surface area contributed by atoms with Gasteiger partial charge in [0.1, 0.15) is 65.2 Å². The first-order valence-electron chi connectivity index (χ1n) is 13.0. The molecule has 3 heterocycles. The van der Waals surface area contributed by atoms with Gasteiger partial charge in [0.2, 0.25) is 23.8 Å². The van der Waals surface area contributed by atoms with Gasteiger partial charge in [-0.2, -0.15) is 0 Å². The van der Waals surface area contributed by atoms with Crippen LogP contribution in [0.15, 0.2) is 39.5 Å². The fourth-order valence-electron chi connectivity index (χ4n) is 4.81. The summed E-state index contributed by atoms with van der Waals surface area (Å²) in [7, 11) is 0. The summed E-state index contributed by atoms with van der Waals surface area (Å²) in [6.07, 6.45) is -15.9. The van der Waals surface area contributed by atoms with E-state index in [0.717, 1.165) is 24.3 Å². The minimum Gasteiger partial charge on any atom is -0.507 e. The van der Waals surface area contributed by atoms with Gasteiger partial charge >= 0.3 is 0 Å². The quantitative estimate of drug-likeness (QED) is 0.135. The number of hydrogen-bond acceptors (Lipinski definition) is 16. The number of fused-ring (bicyclic) bond motifs is 1. The van der Waals surface area contributed by atoms with Crippen LogP contribution in [0.5, 0.6) is 28.7 Å². The van der Waals surface area contributed by atoms with Crippen LogP contribution in [0.1, 0.15) is 6.92 Å². The van der Waals surface area contributed by atoms with Gasteiger partial charge in [0, 0.05) is 17.7 Å². The number of phenols is 3. The minimum atomic E-state index is -1.83. The molecule has 16 nitrogen and oxygen atoms in total. The number of aliphatic hydroxyl groups is 7. The average molecular weight is 611 g/mol. The van der Waals surface area contributed by atoms with Crippen LogP contribution in [-0.2, 0) is 9.47 Å². The molecule has 0 spiro atoms. The van der Waals surface area contributed by atoms with E-state index in [2.05, 4.69) is 0 Å². The standard InChI is InChI=1S/C27H30O16/c1-8-17(32)20(35)22(37)26(39-8)43-25-19(34)16-13(31)5-10(40-27-23(38)21(36)18(33)15(7-28)42-27)6-14(16)41-24(25)9-2-3-11(29)12(30)4-9/h2-6,8,15,17-18,20-23,26-33,35-38H,7H2,1H3/t8-,15+,17-,18+,20+,21-,22+,23+,26+,27+/m0/s1. The lowest BCUT2D eigenvalue weighted by atomic mass is 9.99. The van der Waals surface area contributed by atoms with E-state index >= 15 is 0 Å². The molecule has 3 aromatic rings. The Morgan fingerprint density at radius 1 is 0.744 bits per heavy atom. The third-order valence-corrected chi connectivity index (χ3v) is 7.29. The highest BCUT2D eigenvalue weighted by Crippen LogP contribution is 2.40. The van der Waals surface area contributed by atoms with E-state index < -0.39 is 102 Å². The maximum atomic E-state index is 13.7. The third-order valence-electron chi connectivity index (χ3n) is 7.29. The highest BCUT2D eigenvalue weighted by Gasteiger charge is 2.45. The lowest BCUT2D eigenvalue weighted by Crippen LogP contribution is -2.60. The Morgan fingerprint density at radius 2 is 1.40 bits per heavy atom. The maximum Gasteiger partial charge on any atom is 0.239 e. The number of phenolic OH excluding ortho intramolecular Hbond substituents is 3. The molecule has 10 atom stereocenters. The summed E-state index contributed by atoms with van der Waals surface area (Å²) in [6.45, 7) is 0.670. The first-order valence-corrected chi connectivity index (χ1v) is 13.0. The van der Waals surface area contributed by atoms with Crippen LogP contribution in [0.3, 0.4) is 0 Å². The number of benzene rings is 2. The Balaban J connectivity index is 1.60. The van der Waals surface area contributed by atoms with Crippen LogP contribution in [0, 0.1) is 0 Å². The lowest BCUT2D eigenvalue weighted by Gasteiger charge is -2.39. The zero-order valence-corrected chi connectivity index (χ0v) is 22.3. The predicted molar refractivity (Wildman–Crippen MR) is 140 cm³/mol. The number of aliphatic hydroxyl groups excluding tert-OH is 7. The number of ether oxygens (including phenoxy) is 4. The van der Waals surface area contributed by atoms with Crippen LogP contribution in [-0.4, -0.2) is 119 Å². The van der Waals surface area contributed by atoms with E-state index in [1.165, 1.54) is 13.0 Å². The number of rotatable bonds is 6. The van der Waals surface area contributed by atoms with Crippen molar-refractivity contribution in [1.82, 2.24) is 0 Å². The van der Waals surface area contributed by atoms with Gasteiger partial charge in [-0.1, -0.05) is 0 Å². The van der Waals surface area contributed by atoms with Gasteiger partial charge in [-0.3, -0.25) is 4.79 Å². The van der Waals surface area contributed by atoms with Crippen molar-refractivity contribution in [2.45, 2.75) is 68.3 Å². The fraction of sp³-hybridized carbons (Fsp3) is 0.444. The number of hydrogen-bond donors (Lipinski definition) is 10. The molecular weight excluding hydrogens is 580 g/mol. The van der Waals surface area contributed by atoms with Crippen molar-refractivity contribution in [3.8, 4) is 40.1 Å². The Labute approximate surface area is 241 Å². The number of aromatic hydroxyl groups is 3. The van der Waals surface area contributed by atoms with Crippen molar-refractivity contribution in [2.75, 3.05) is 6.61 Å². The highest BCUT2D eigenvalue weighted by atomic mass is 16.7. The Hall–Kier alpha value is -3.71. The van der Waals surface area contributed by atoms with Gasteiger partial charge < -0.3 is 74.4 Å². The summed E-state index contributed by atoms with van der Waals surface area (Å²) in [5.74, 6) is -3.10. The first-order chi connectivity index (χ1) is 20.3. The van der Waals surface area contributed by atoms with Crippen LogP contribution in [0.2, 0.25) is 0 Å². The normalized spacial score (nSPS) is 32.9. The van der Waals surface area contributed by atoms with Gasteiger partial charge in [0.25, 0.3) is 0 Å². The van der Waals surface area contributed by atoms with Gasteiger partial charge in [0.05, 0.1) is 12.7 Å². The van der Waals surface area contributed by atoms with Crippen LogP contribution in [0.4, 0.5) is 0 Å². The largest absolute Gasteiger partial charge is 0.507 e. The molecule has 1 aromatic heterocycles. The first kappa shape index (κ1) is 30.7. The van der Waals surface area contributed by atoms with Crippen LogP contribution in [0.25, 0.3) is 22.3 Å². The molecule has 43 heavy (non-hydrogen) atoms. The summed E-state index contributed by atoms with van der Waals surface area (Å²) in [4.78, 5) is 13.7. The van der Waals surface area contributed by atoms with Crippen molar-refractivity contribution in [1.29, 1.82) is 0 Å². The zero-order chi connectivity index (χ0) is 31.3. The van der Waals surface area contributed by atoms with E-state index in [9.17, 15) is 55.9 Å². The summed E-state index contributed by atoms with van der Waals surface area (Å²) in [5, 5.41) is 101. The van der Waals surface area contributed by atoms with E-state index in [4.69, 9.17) is 23.4 Å². The monoisotopic (exact) mass is 610 g/mol. The van der Waals surface area contributed by atoms with E-state index in [1.54, 1.807) is 0 Å². The average Bonchev–Trinajstić information content (AvgIpc) is 2.97. The molecule has 0 aliphatic carbocycles. The lowest BCUT2D eigenvalue weighted by molar-refractivity contribution is -0.277. The van der Waals surface area contributed by atoms with Gasteiger partial charge in [-0.25, -0.2) is 0 Å². The molecule has 0 unspecified atom stereocenters. The summed E-state index contributed by atoms with van der Waals surface area (Å²) >= 11 is 0. The molecule has 2 saturated heterocycles. The highest BCUT2D eigenvalue weighted by molar-refractivity contribution is 5.88. The molecule has 0 bridgehead atoms. The molecule has 234 valence electrons. The maximum absolute atomic E-state index is 13.7. The van der Waals surface area contributed by atoms with Gasteiger partial charge in [0.15, 0.2) is 17.3 Å². The molecule has 10 N–H and O–H groups in total. The van der Waals surface area contributed by atoms with Crippen molar-refractivity contribution >= 4 is 11.0 Å². The van der Waals surface area contributed by atoms with Crippen molar-refractivity contribution < 1.29 is 74.4 Å². The molecule has 0 radical (unpaired) electrons. The van der Waals surface area contributed by atoms with E-state index in [-0.39, 0.29) is 22.7 Å². The molecule has 0 amide bonds. The zero-order valence-electron chi connectivity index (χ0n) is 22.3. The summed E-state index contributed by atoms with van der Waals surface area (Å²) in [6, 6.07) is 5.42. The van der Waals surface area contributed by atoms with Crippen molar-refractivity contribution in [3.63, 3.8) is 0 Å². The van der Waals surface area contributed by atoms with Crippen LogP contribution >= 0.6 is 0 Å². The molecule has 16 heteroatoms. The van der Waals surface area contributed by atoms with E-state index in [1.807, 2.05) is 0 Å². The minimum absolute atomic E-state index is 0.0250. The fourth-order valence-corrected chi connectivity index (χ4v) is 4.81. The third kappa shape index (κ3) is 5.55. The van der Waals surface area contributed by atoms with E-state index in [0.29, 0.717) is 0 Å². The topological polar surface area (TPSA) is 269 Å². The second-order valence-electron chi connectivity index (χ2n) is 10.2. The molecule has 2 aromatic carbocycles. The molecule has 2 fully saturated rings. The Kier molecular flexibility index (Phi) is 8.41. The van der Waals surface area contributed by atoms with Crippen molar-refractivity contribution in [2.24, 2.45) is 0 Å². The summed E-state index contributed by atoms with van der Waals surface area (Å²) < 4.78 is 27.8. The van der Waals surface area contributed by atoms with Crippen molar-refractivity contribution in [3.05, 3.63) is 40.6 Å². The SMILES string of the molecule is C[C@@H]1O[C@H](Oc2c(-c3ccc(O)c(O)c3)oc3cc(O[C@@H]4O[C@H](CO)[C@@H](O)[C@H](O)[C@H]4O)cc(O)c3c2=O)[C@H](O)[C@H](O)[C@H]1O. The second kappa shape index (κ2) is 11.8. The smallest absolute Gasteiger partial charge is 0.239 e. The van der Waals surface area contributed by atoms with Crippen LogP contribution < -0.4 is 14.9 Å². The summed E-state index contributed by atoms with van der Waals surface area (Å²) in [5.41, 5.74) is -1.36. The van der Waals surface area contributed by atoms with Gasteiger partial charge in [-0.15, -0.1) is 0 Å². The molecule has 2 aliphatic rings.